The van der Waals surface area contributed by atoms with Crippen LogP contribution < -0.4 is 0 Å². The number of rotatable bonds is 4. The van der Waals surface area contributed by atoms with Gasteiger partial charge in [-0.25, -0.2) is 0 Å². The first-order valence-electron chi connectivity index (χ1n) is 4.91. The van der Waals surface area contributed by atoms with Gasteiger partial charge in [-0.2, -0.15) is 0 Å². The molecule has 0 aromatic carbocycles. The molecule has 0 unspecified atom stereocenters. The van der Waals surface area contributed by atoms with Gasteiger partial charge in [0.15, 0.2) is 0 Å². The van der Waals surface area contributed by atoms with Gasteiger partial charge in [0, 0.05) is 31.5 Å². The molecule has 0 fully saturated rings. The van der Waals surface area contributed by atoms with Crippen LogP contribution >= 0.6 is 12.4 Å². The normalized spacial score (nSPS) is 9.20. The van der Waals surface area contributed by atoms with Crippen LogP contribution in [0.5, 0.6) is 0 Å². The summed E-state index contributed by atoms with van der Waals surface area (Å²) in [5.74, 6) is 0.0702. The predicted octanol–water partition coefficient (Wildman–Crippen LogP) is 2.38. The van der Waals surface area contributed by atoms with Crippen LogP contribution in [0.2, 0.25) is 0 Å². The van der Waals surface area contributed by atoms with E-state index in [1.165, 1.54) is 0 Å². The van der Waals surface area contributed by atoms with Crippen molar-refractivity contribution in [3.63, 3.8) is 0 Å². The van der Waals surface area contributed by atoms with Crippen molar-refractivity contribution in [3.8, 4) is 0 Å². The molecule has 0 aliphatic rings. The summed E-state index contributed by atoms with van der Waals surface area (Å²) >= 11 is 0. The van der Waals surface area contributed by atoms with Gasteiger partial charge in [-0.15, -0.1) is 12.4 Å². The van der Waals surface area contributed by atoms with Gasteiger partial charge in [0.05, 0.1) is 0 Å². The zero-order chi connectivity index (χ0) is 10.4. The molecular weight excluding hydrogens is 212 g/mol. The topological polar surface area (TPSA) is 33.2 Å². The Labute approximate surface area is 96.9 Å². The number of hydrogen-bond donors (Lipinski definition) is 0. The lowest BCUT2D eigenvalue weighted by Gasteiger charge is -2.16. The lowest BCUT2D eigenvalue weighted by atomic mass is 10.2. The molecule has 84 valence electrons. The van der Waals surface area contributed by atoms with Crippen molar-refractivity contribution in [2.45, 2.75) is 19.8 Å². The third-order valence-electron chi connectivity index (χ3n) is 2.12. The van der Waals surface area contributed by atoms with E-state index in [0.29, 0.717) is 5.56 Å². The average Bonchev–Trinajstić information content (AvgIpc) is 2.26. The molecule has 0 N–H and O–H groups in total. The summed E-state index contributed by atoms with van der Waals surface area (Å²) in [6, 6.07) is 3.48. The Balaban J connectivity index is 0.00000196. The molecule has 3 nitrogen and oxygen atoms in total. The van der Waals surface area contributed by atoms with E-state index in [-0.39, 0.29) is 18.3 Å². The summed E-state index contributed by atoms with van der Waals surface area (Å²) in [6.45, 7) is 2.93. The molecular formula is C11H17ClN2O. The Hall–Kier alpha value is -1.09. The fraction of sp³-hybridized carbons (Fsp3) is 0.455. The number of pyridine rings is 1. The zero-order valence-electron chi connectivity index (χ0n) is 9.14. The fourth-order valence-corrected chi connectivity index (χ4v) is 1.21. The van der Waals surface area contributed by atoms with Crippen molar-refractivity contribution >= 4 is 18.3 Å². The molecule has 0 aliphatic heterocycles. The Morgan fingerprint density at radius 2 is 2.00 bits per heavy atom. The van der Waals surface area contributed by atoms with Gasteiger partial charge in [0.25, 0.3) is 5.91 Å². The molecule has 0 saturated carbocycles. The maximum atomic E-state index is 11.7. The van der Waals surface area contributed by atoms with Gasteiger partial charge >= 0.3 is 0 Å². The number of halogens is 1. The number of hydrogen-bond acceptors (Lipinski definition) is 2. The van der Waals surface area contributed by atoms with Gasteiger partial charge in [-0.05, 0) is 18.6 Å². The van der Waals surface area contributed by atoms with Crippen molar-refractivity contribution in [1.29, 1.82) is 0 Å². The summed E-state index contributed by atoms with van der Waals surface area (Å²) in [5.41, 5.74) is 0.707. The van der Waals surface area contributed by atoms with Gasteiger partial charge < -0.3 is 4.90 Å². The fourth-order valence-electron chi connectivity index (χ4n) is 1.21. The van der Waals surface area contributed by atoms with Gasteiger partial charge in [0.1, 0.15) is 0 Å². The number of amides is 1. The highest BCUT2D eigenvalue weighted by Gasteiger charge is 2.09. The molecule has 1 aromatic heterocycles. The first kappa shape index (κ1) is 13.9. The molecule has 1 rings (SSSR count). The zero-order valence-corrected chi connectivity index (χ0v) is 9.96. The van der Waals surface area contributed by atoms with Gasteiger partial charge in [0.2, 0.25) is 0 Å². The second-order valence-electron chi connectivity index (χ2n) is 3.32. The van der Waals surface area contributed by atoms with Gasteiger partial charge in [-0.1, -0.05) is 13.3 Å². The first-order valence-corrected chi connectivity index (χ1v) is 4.91. The van der Waals surface area contributed by atoms with Crippen LogP contribution in [0.15, 0.2) is 24.5 Å². The molecule has 0 spiro atoms. The third kappa shape index (κ3) is 4.30. The molecule has 0 saturated heterocycles. The minimum Gasteiger partial charge on any atom is -0.342 e. The molecule has 0 atom stereocenters. The maximum Gasteiger partial charge on any atom is 0.253 e. The summed E-state index contributed by atoms with van der Waals surface area (Å²) in [7, 11) is 1.83. The van der Waals surface area contributed by atoms with E-state index >= 15 is 0 Å². The monoisotopic (exact) mass is 228 g/mol. The second-order valence-corrected chi connectivity index (χ2v) is 3.32. The first-order chi connectivity index (χ1) is 6.75. The standard InChI is InChI=1S/C11H16N2O.ClH/c1-3-4-9-13(2)11(14)10-5-7-12-8-6-10;/h5-8H,3-4,9H2,1-2H3;1H. The number of unbranched alkanes of at least 4 members (excludes halogenated alkanes) is 1. The van der Waals surface area contributed by atoms with E-state index in [2.05, 4.69) is 11.9 Å². The number of carbonyl (C=O) groups is 1. The van der Waals surface area contributed by atoms with E-state index < -0.39 is 0 Å². The minimum absolute atomic E-state index is 0. The van der Waals surface area contributed by atoms with Crippen LogP contribution in [0.3, 0.4) is 0 Å². The summed E-state index contributed by atoms with van der Waals surface area (Å²) in [5, 5.41) is 0. The van der Waals surface area contributed by atoms with Crippen LogP contribution in [-0.2, 0) is 0 Å². The smallest absolute Gasteiger partial charge is 0.253 e. The van der Waals surface area contributed by atoms with E-state index in [9.17, 15) is 4.79 Å². The Morgan fingerprint density at radius 1 is 1.40 bits per heavy atom. The van der Waals surface area contributed by atoms with E-state index in [1.807, 2.05) is 7.05 Å². The number of carbonyl (C=O) groups excluding carboxylic acids is 1. The van der Waals surface area contributed by atoms with Crippen LogP contribution in [0.4, 0.5) is 0 Å². The van der Waals surface area contributed by atoms with Crippen molar-refractivity contribution in [2.75, 3.05) is 13.6 Å². The quantitative estimate of drug-likeness (QED) is 0.793. The Kier molecular flexibility index (Phi) is 6.71. The Bertz CT molecular complexity index is 290. The lowest BCUT2D eigenvalue weighted by Crippen LogP contribution is -2.27. The summed E-state index contributed by atoms with van der Waals surface area (Å²) in [4.78, 5) is 17.4. The third-order valence-corrected chi connectivity index (χ3v) is 2.12. The largest absolute Gasteiger partial charge is 0.342 e. The number of nitrogens with zero attached hydrogens (tertiary/aromatic N) is 2. The van der Waals surface area contributed by atoms with Crippen molar-refractivity contribution in [3.05, 3.63) is 30.1 Å². The van der Waals surface area contributed by atoms with E-state index in [4.69, 9.17) is 0 Å². The van der Waals surface area contributed by atoms with Crippen molar-refractivity contribution < 1.29 is 4.79 Å². The molecule has 0 radical (unpaired) electrons. The molecule has 0 bridgehead atoms. The Morgan fingerprint density at radius 3 is 2.53 bits per heavy atom. The highest BCUT2D eigenvalue weighted by molar-refractivity contribution is 5.93. The molecule has 4 heteroatoms. The lowest BCUT2D eigenvalue weighted by molar-refractivity contribution is 0.0793. The highest BCUT2D eigenvalue weighted by atomic mass is 35.5. The van der Waals surface area contributed by atoms with Crippen LogP contribution in [0.25, 0.3) is 0 Å². The second kappa shape index (κ2) is 7.23. The average molecular weight is 229 g/mol. The van der Waals surface area contributed by atoms with Crippen molar-refractivity contribution in [2.24, 2.45) is 0 Å². The molecule has 1 aromatic rings. The molecule has 1 amide bonds. The molecule has 15 heavy (non-hydrogen) atoms. The van der Waals surface area contributed by atoms with Crippen molar-refractivity contribution in [1.82, 2.24) is 9.88 Å². The van der Waals surface area contributed by atoms with E-state index in [0.717, 1.165) is 19.4 Å². The molecule has 1 heterocycles. The SMILES string of the molecule is CCCCN(C)C(=O)c1ccncc1.Cl. The molecule has 0 aliphatic carbocycles. The van der Waals surface area contributed by atoms with E-state index in [1.54, 1.807) is 29.4 Å². The van der Waals surface area contributed by atoms with Crippen LogP contribution in [0, 0.1) is 0 Å². The predicted molar refractivity (Wildman–Crippen MR) is 63.4 cm³/mol. The summed E-state index contributed by atoms with van der Waals surface area (Å²) in [6.07, 6.45) is 5.43. The highest BCUT2D eigenvalue weighted by Crippen LogP contribution is 2.02. The minimum atomic E-state index is 0. The maximum absolute atomic E-state index is 11.7. The number of aromatic nitrogens is 1. The van der Waals surface area contributed by atoms with Crippen LogP contribution in [0.1, 0.15) is 30.1 Å². The van der Waals surface area contributed by atoms with Gasteiger partial charge in [-0.3, -0.25) is 9.78 Å². The van der Waals surface area contributed by atoms with Crippen LogP contribution in [-0.4, -0.2) is 29.4 Å². The summed E-state index contributed by atoms with van der Waals surface area (Å²) < 4.78 is 0.